The molecule has 3 aromatic carbocycles. The summed E-state index contributed by atoms with van der Waals surface area (Å²) in [5.41, 5.74) is -1.97. The number of carbonyl (C=O) groups is 2. The number of nitrogens with zero attached hydrogens (tertiary/aromatic N) is 6. The normalized spacial score (nSPS) is 17.4. The van der Waals surface area contributed by atoms with Gasteiger partial charge in [0.2, 0.25) is 11.7 Å². The van der Waals surface area contributed by atoms with Crippen LogP contribution in [0.5, 0.6) is 0 Å². The van der Waals surface area contributed by atoms with Crippen molar-refractivity contribution in [2.75, 3.05) is 0 Å². The zero-order valence-electron chi connectivity index (χ0n) is 28.1. The average Bonchev–Trinajstić information content (AvgIpc) is 3.67. The third-order valence-electron chi connectivity index (χ3n) is 9.80. The zero-order chi connectivity index (χ0) is 38.2. The van der Waals surface area contributed by atoms with Crippen LogP contribution < -0.4 is 5.56 Å². The van der Waals surface area contributed by atoms with Crippen LogP contribution in [0, 0.1) is 30.3 Å². The van der Waals surface area contributed by atoms with E-state index in [0.29, 0.717) is 16.9 Å². The number of para-hydroxylation sites is 1. The van der Waals surface area contributed by atoms with Gasteiger partial charge in [-0.2, -0.15) is 0 Å². The molecule has 0 saturated heterocycles. The van der Waals surface area contributed by atoms with Crippen LogP contribution in [0.1, 0.15) is 48.1 Å². The Labute approximate surface area is 301 Å². The van der Waals surface area contributed by atoms with E-state index in [9.17, 15) is 44.7 Å². The minimum Gasteiger partial charge on any atom is -0.457 e. The molecule has 270 valence electrons. The summed E-state index contributed by atoms with van der Waals surface area (Å²) in [7, 11) is 0. The molecule has 0 spiro atoms. The zero-order valence-corrected chi connectivity index (χ0v) is 28.1. The Bertz CT molecular complexity index is 2670. The molecule has 2 aliphatic heterocycles. The molecule has 0 unspecified atom stereocenters. The maximum absolute atomic E-state index is 13.9. The molecule has 2 atom stereocenters. The second-order valence-electron chi connectivity index (χ2n) is 12.8. The topological polar surface area (TPSA) is 238 Å². The van der Waals surface area contributed by atoms with Gasteiger partial charge in [-0.25, -0.2) is 14.6 Å². The number of nitro groups is 3. The lowest BCUT2D eigenvalue weighted by molar-refractivity contribution is -0.393. The number of non-ortho nitro benzene ring substituents is 2. The molecule has 54 heavy (non-hydrogen) atoms. The molecule has 0 saturated carbocycles. The Morgan fingerprint density at radius 2 is 1.70 bits per heavy atom. The van der Waals surface area contributed by atoms with Gasteiger partial charge in [0.15, 0.2) is 0 Å². The van der Waals surface area contributed by atoms with Crippen molar-refractivity contribution < 1.29 is 38.7 Å². The lowest BCUT2D eigenvalue weighted by Gasteiger charge is -2.36. The number of hydrogen-bond donors (Lipinski definition) is 0. The van der Waals surface area contributed by atoms with Crippen molar-refractivity contribution in [1.29, 1.82) is 0 Å². The summed E-state index contributed by atoms with van der Waals surface area (Å²) in [6.45, 7) is 2.67. The van der Waals surface area contributed by atoms with Crippen molar-refractivity contribution in [2.24, 2.45) is 5.16 Å². The molecule has 3 aliphatic rings. The molecule has 0 fully saturated rings. The number of nitro benzene ring substituents is 3. The SMILES string of the molecule is CC[C@@]1(OC(=O)[C@H](C)O/N=C2/c3cc([N+](=O)[O-])ccc3-c3c2cc([N+](=O)[O-])cc3[N+](=O)[O-])C(=O)OCc2c1cc1n(c2=O)Cc2cc3ccccc3nc2-1. The molecule has 2 aromatic heterocycles. The molecule has 0 amide bonds. The van der Waals surface area contributed by atoms with Gasteiger partial charge in [0, 0.05) is 45.8 Å². The van der Waals surface area contributed by atoms with Crippen LogP contribution in [0.2, 0.25) is 0 Å². The molecular weight excluding hydrogens is 708 g/mol. The number of pyridine rings is 2. The Kier molecular flexibility index (Phi) is 7.57. The fourth-order valence-corrected chi connectivity index (χ4v) is 7.15. The predicted octanol–water partition coefficient (Wildman–Crippen LogP) is 5.19. The highest BCUT2D eigenvalue weighted by Crippen LogP contribution is 2.46. The van der Waals surface area contributed by atoms with Gasteiger partial charge in [-0.1, -0.05) is 30.3 Å². The van der Waals surface area contributed by atoms with Gasteiger partial charge in [-0.15, -0.1) is 0 Å². The Hall–Kier alpha value is -7.37. The van der Waals surface area contributed by atoms with E-state index in [-0.39, 0.29) is 58.7 Å². The Morgan fingerprint density at radius 3 is 2.43 bits per heavy atom. The molecular formula is C36H24N6O12. The summed E-state index contributed by atoms with van der Waals surface area (Å²) in [5.74, 6) is -2.05. The number of rotatable bonds is 8. The van der Waals surface area contributed by atoms with Crippen LogP contribution in [0.4, 0.5) is 17.1 Å². The molecule has 0 N–H and O–H groups in total. The third-order valence-corrected chi connectivity index (χ3v) is 9.80. The number of aromatic nitrogens is 2. The third kappa shape index (κ3) is 4.98. The number of fused-ring (bicyclic) bond motifs is 8. The van der Waals surface area contributed by atoms with Crippen molar-refractivity contribution in [3.63, 3.8) is 0 Å². The molecule has 18 nitrogen and oxygen atoms in total. The van der Waals surface area contributed by atoms with Crippen LogP contribution in [0.3, 0.4) is 0 Å². The van der Waals surface area contributed by atoms with Crippen molar-refractivity contribution >= 4 is 45.6 Å². The van der Waals surface area contributed by atoms with Crippen LogP contribution in [0.15, 0.2) is 76.7 Å². The van der Waals surface area contributed by atoms with Gasteiger partial charge in [-0.3, -0.25) is 35.1 Å². The van der Waals surface area contributed by atoms with E-state index < -0.39 is 61.0 Å². The summed E-state index contributed by atoms with van der Waals surface area (Å²) in [4.78, 5) is 84.4. The summed E-state index contributed by atoms with van der Waals surface area (Å²) >= 11 is 0. The van der Waals surface area contributed by atoms with E-state index in [2.05, 4.69) is 5.16 Å². The number of ether oxygens (including phenoxy) is 2. The quantitative estimate of drug-likeness (QED) is 0.111. The summed E-state index contributed by atoms with van der Waals surface area (Å²) in [6, 6.07) is 16.2. The van der Waals surface area contributed by atoms with Crippen molar-refractivity contribution in [3.05, 3.63) is 135 Å². The highest BCUT2D eigenvalue weighted by molar-refractivity contribution is 6.26. The van der Waals surface area contributed by atoms with E-state index >= 15 is 0 Å². The molecule has 4 heterocycles. The van der Waals surface area contributed by atoms with Crippen LogP contribution in [-0.2, 0) is 42.7 Å². The van der Waals surface area contributed by atoms with E-state index in [0.717, 1.165) is 35.2 Å². The minimum absolute atomic E-state index is 0.0193. The summed E-state index contributed by atoms with van der Waals surface area (Å²) < 4.78 is 12.8. The number of benzene rings is 3. The van der Waals surface area contributed by atoms with Gasteiger partial charge >= 0.3 is 11.9 Å². The minimum atomic E-state index is -2.09. The van der Waals surface area contributed by atoms with E-state index in [1.54, 1.807) is 13.0 Å². The fraction of sp³-hybridized carbons (Fsp3) is 0.194. The van der Waals surface area contributed by atoms with Gasteiger partial charge in [-0.05, 0) is 43.2 Å². The lowest BCUT2D eigenvalue weighted by atomic mass is 9.85. The van der Waals surface area contributed by atoms with Crippen molar-refractivity contribution in [2.45, 2.75) is 45.1 Å². The molecule has 8 rings (SSSR count). The highest BCUT2D eigenvalue weighted by atomic mass is 16.7. The van der Waals surface area contributed by atoms with E-state index in [1.807, 2.05) is 30.3 Å². The molecule has 5 aromatic rings. The largest absolute Gasteiger partial charge is 0.457 e. The van der Waals surface area contributed by atoms with Gasteiger partial charge < -0.3 is 18.9 Å². The number of hydrogen-bond acceptors (Lipinski definition) is 14. The lowest BCUT2D eigenvalue weighted by Crippen LogP contribution is -2.48. The standard InChI is InChI=1S/C36H24N6O12/c1-3-36(26-14-29-31-19(10-18-6-4-5-7-27(18)37-31)15-39(29)33(43)25(26)16-52-35(36)45)53-34(44)17(2)54-38-32-23-11-20(40(46)47)8-9-22(23)30-24(32)12-21(41(48)49)13-28(30)42(50)51/h4-14,17H,3,15-16H2,1-2H3/b38-32-/t17-,36-/m0/s1. The first-order valence-electron chi connectivity index (χ1n) is 16.4. The van der Waals surface area contributed by atoms with Crippen molar-refractivity contribution in [1.82, 2.24) is 9.55 Å². The predicted molar refractivity (Wildman–Crippen MR) is 186 cm³/mol. The number of carbonyl (C=O) groups excluding carboxylic acids is 2. The second kappa shape index (κ2) is 12.1. The Morgan fingerprint density at radius 1 is 0.963 bits per heavy atom. The maximum Gasteiger partial charge on any atom is 0.355 e. The van der Waals surface area contributed by atoms with Gasteiger partial charge in [0.1, 0.15) is 12.3 Å². The first-order valence-corrected chi connectivity index (χ1v) is 16.4. The fourth-order valence-electron chi connectivity index (χ4n) is 7.15. The van der Waals surface area contributed by atoms with Crippen molar-refractivity contribution in [3.8, 4) is 22.5 Å². The van der Waals surface area contributed by atoms with Gasteiger partial charge in [0.25, 0.3) is 22.6 Å². The van der Waals surface area contributed by atoms with E-state index in [1.165, 1.54) is 17.6 Å². The molecule has 0 bridgehead atoms. The maximum atomic E-state index is 13.9. The monoisotopic (exact) mass is 732 g/mol. The highest BCUT2D eigenvalue weighted by Gasteiger charge is 2.51. The summed E-state index contributed by atoms with van der Waals surface area (Å²) in [6.07, 6.45) is -1.74. The summed E-state index contributed by atoms with van der Waals surface area (Å²) in [5, 5.41) is 40.3. The molecule has 1 aliphatic carbocycles. The number of cyclic esters (lactones) is 1. The first kappa shape index (κ1) is 33.8. The number of oxime groups is 1. The molecule has 18 heteroatoms. The Balaban J connectivity index is 1.17. The molecule has 0 radical (unpaired) electrons. The van der Waals surface area contributed by atoms with Gasteiger partial charge in [0.05, 0.1) is 55.4 Å². The smallest absolute Gasteiger partial charge is 0.355 e. The van der Waals surface area contributed by atoms with Crippen LogP contribution in [0.25, 0.3) is 33.4 Å². The van der Waals surface area contributed by atoms with E-state index in [4.69, 9.17) is 19.3 Å². The van der Waals surface area contributed by atoms with Crippen LogP contribution >= 0.6 is 0 Å². The average molecular weight is 733 g/mol. The second-order valence-corrected chi connectivity index (χ2v) is 12.8. The van der Waals surface area contributed by atoms with Crippen LogP contribution in [-0.4, -0.2) is 48.1 Å². The number of esters is 2. The first-order chi connectivity index (χ1) is 25.8.